The Labute approximate surface area is 208 Å². The third-order valence-electron chi connectivity index (χ3n) is 5.14. The minimum absolute atomic E-state index is 0.00121. The van der Waals surface area contributed by atoms with Gasteiger partial charge in [-0.2, -0.15) is 12.6 Å². The fourth-order valence-corrected chi connectivity index (χ4v) is 3.18. The van der Waals surface area contributed by atoms with E-state index in [4.69, 9.17) is 16.6 Å². The van der Waals surface area contributed by atoms with E-state index in [-0.39, 0.29) is 36.7 Å². The normalized spacial score (nSPS) is 14.3. The van der Waals surface area contributed by atoms with E-state index in [1.807, 2.05) is 0 Å². The predicted molar refractivity (Wildman–Crippen MR) is 130 cm³/mol. The summed E-state index contributed by atoms with van der Waals surface area (Å²) < 4.78 is 0. The average Bonchev–Trinajstić information content (AvgIpc) is 2.79. The molecule has 4 unspecified atom stereocenters. The van der Waals surface area contributed by atoms with Crippen molar-refractivity contribution in [2.45, 2.75) is 57.3 Å². The maximum Gasteiger partial charge on any atom is 0.327 e. The molecule has 9 N–H and O–H groups in total. The third kappa shape index (κ3) is 10.2. The van der Waals surface area contributed by atoms with Crippen molar-refractivity contribution in [1.29, 1.82) is 0 Å². The second kappa shape index (κ2) is 14.2. The van der Waals surface area contributed by atoms with Crippen molar-refractivity contribution in [3.05, 3.63) is 29.8 Å². The smallest absolute Gasteiger partial charge is 0.327 e. The van der Waals surface area contributed by atoms with Gasteiger partial charge in [0, 0.05) is 18.6 Å². The summed E-state index contributed by atoms with van der Waals surface area (Å²) in [5, 5.41) is 26.0. The van der Waals surface area contributed by atoms with E-state index >= 15 is 0 Å². The number of carboxylic acids is 1. The van der Waals surface area contributed by atoms with Crippen molar-refractivity contribution in [1.82, 2.24) is 16.0 Å². The van der Waals surface area contributed by atoms with Crippen LogP contribution in [0.3, 0.4) is 0 Å². The second-order valence-corrected chi connectivity index (χ2v) is 8.71. The van der Waals surface area contributed by atoms with Gasteiger partial charge in [0.2, 0.25) is 23.6 Å². The lowest BCUT2D eigenvalue weighted by atomic mass is 10.0. The summed E-state index contributed by atoms with van der Waals surface area (Å²) in [6.07, 6.45) is -0.456. The molecule has 0 aromatic heterocycles. The van der Waals surface area contributed by atoms with Crippen LogP contribution in [-0.4, -0.2) is 69.7 Å². The van der Waals surface area contributed by atoms with Gasteiger partial charge in [0.15, 0.2) is 0 Å². The Kier molecular flexibility index (Phi) is 12.0. The number of primary amides is 1. The minimum Gasteiger partial charge on any atom is -0.508 e. The van der Waals surface area contributed by atoms with E-state index in [0.717, 1.165) is 0 Å². The number of nitrogens with one attached hydrogen (secondary N) is 3. The van der Waals surface area contributed by atoms with Gasteiger partial charge < -0.3 is 37.6 Å². The van der Waals surface area contributed by atoms with Gasteiger partial charge in [-0.1, -0.05) is 26.0 Å². The van der Waals surface area contributed by atoms with Gasteiger partial charge in [-0.3, -0.25) is 19.2 Å². The molecule has 0 aliphatic rings. The first kappa shape index (κ1) is 29.7. The molecule has 0 fully saturated rings. The number of phenolic OH excluding ortho intramolecular Hbond substituents is 1. The molecule has 1 rings (SSSR count). The summed E-state index contributed by atoms with van der Waals surface area (Å²) in [6, 6.07) is 1.26. The molecule has 0 aliphatic carbocycles. The van der Waals surface area contributed by atoms with Crippen LogP contribution in [0.4, 0.5) is 0 Å². The quantitative estimate of drug-likeness (QED) is 0.139. The van der Waals surface area contributed by atoms with Gasteiger partial charge in [0.05, 0.1) is 6.04 Å². The molecular formula is C22H33N5O7S. The zero-order valence-corrected chi connectivity index (χ0v) is 20.5. The van der Waals surface area contributed by atoms with Crippen molar-refractivity contribution in [3.63, 3.8) is 0 Å². The number of hydrogen-bond donors (Lipinski definition) is 8. The first-order valence-electron chi connectivity index (χ1n) is 10.9. The van der Waals surface area contributed by atoms with Crippen molar-refractivity contribution >= 4 is 42.2 Å². The molecule has 194 valence electrons. The van der Waals surface area contributed by atoms with Gasteiger partial charge in [-0.15, -0.1) is 0 Å². The van der Waals surface area contributed by atoms with Crippen LogP contribution in [0.2, 0.25) is 0 Å². The van der Waals surface area contributed by atoms with Gasteiger partial charge in [-0.25, -0.2) is 4.79 Å². The highest BCUT2D eigenvalue weighted by Crippen LogP contribution is 2.12. The Morgan fingerprint density at radius 1 is 0.914 bits per heavy atom. The van der Waals surface area contributed by atoms with Crippen LogP contribution >= 0.6 is 12.6 Å². The zero-order valence-electron chi connectivity index (χ0n) is 19.6. The molecule has 1 aromatic rings. The van der Waals surface area contributed by atoms with Crippen LogP contribution in [0, 0.1) is 5.92 Å². The molecule has 0 heterocycles. The molecule has 13 heteroatoms. The Balaban J connectivity index is 3.14. The maximum atomic E-state index is 13.1. The molecule has 0 saturated heterocycles. The van der Waals surface area contributed by atoms with E-state index in [1.54, 1.807) is 26.0 Å². The monoisotopic (exact) mass is 511 g/mol. The van der Waals surface area contributed by atoms with Gasteiger partial charge in [0.25, 0.3) is 0 Å². The molecule has 12 nitrogen and oxygen atoms in total. The summed E-state index contributed by atoms with van der Waals surface area (Å²) in [7, 11) is 0. The van der Waals surface area contributed by atoms with Crippen LogP contribution < -0.4 is 27.4 Å². The number of carbonyl (C=O) groups is 5. The zero-order chi connectivity index (χ0) is 26.7. The third-order valence-corrected chi connectivity index (χ3v) is 5.50. The molecule has 1 aromatic carbocycles. The van der Waals surface area contributed by atoms with E-state index in [1.165, 1.54) is 12.1 Å². The number of rotatable bonds is 14. The molecule has 35 heavy (non-hydrogen) atoms. The van der Waals surface area contributed by atoms with Crippen LogP contribution in [-0.2, 0) is 30.4 Å². The highest BCUT2D eigenvalue weighted by Gasteiger charge is 2.30. The van der Waals surface area contributed by atoms with Crippen molar-refractivity contribution in [2.75, 3.05) is 5.75 Å². The molecule has 0 saturated carbocycles. The van der Waals surface area contributed by atoms with E-state index in [9.17, 15) is 29.1 Å². The van der Waals surface area contributed by atoms with Gasteiger partial charge in [-0.05, 0) is 30.0 Å². The predicted octanol–water partition coefficient (Wildman–Crippen LogP) is -1.35. The minimum atomic E-state index is -1.33. The molecule has 4 atom stereocenters. The fraction of sp³-hybridized carbons (Fsp3) is 0.500. The van der Waals surface area contributed by atoms with E-state index in [2.05, 4.69) is 28.6 Å². The summed E-state index contributed by atoms with van der Waals surface area (Å²) in [6.45, 7) is 3.48. The summed E-state index contributed by atoms with van der Waals surface area (Å²) in [5.41, 5.74) is 11.7. The standard InChI is InChI=1S/C22H33N5O7S/c1-11(2)18(24)21(32)26-15(9-12-3-5-13(28)6-4-12)20(31)25-14(7-8-17(23)29)19(30)27-16(10-35)22(33)34/h3-6,11,14-16,18,28,35H,7-10,24H2,1-2H3,(H2,23,29)(H,25,31)(H,26,32)(H,27,30)(H,33,34). The molecule has 0 aliphatic heterocycles. The molecule has 0 bridgehead atoms. The topological polar surface area (TPSA) is 214 Å². The molecular weight excluding hydrogens is 478 g/mol. The molecule has 0 radical (unpaired) electrons. The Bertz CT molecular complexity index is 910. The number of amides is 4. The fourth-order valence-electron chi connectivity index (χ4n) is 2.93. The van der Waals surface area contributed by atoms with Crippen molar-refractivity contribution in [2.24, 2.45) is 17.4 Å². The number of hydrogen-bond acceptors (Lipinski definition) is 8. The number of thiol groups is 1. The summed E-state index contributed by atoms with van der Waals surface area (Å²) >= 11 is 3.89. The number of nitrogens with two attached hydrogens (primary N) is 2. The second-order valence-electron chi connectivity index (χ2n) is 8.35. The van der Waals surface area contributed by atoms with Gasteiger partial charge in [0.1, 0.15) is 23.9 Å². The number of carboxylic acid groups (broad SMARTS) is 1. The summed E-state index contributed by atoms with van der Waals surface area (Å²) in [5.74, 6) is -4.65. The number of carbonyl (C=O) groups excluding carboxylic acids is 4. The van der Waals surface area contributed by atoms with Crippen LogP contribution in [0.1, 0.15) is 32.3 Å². The lowest BCUT2D eigenvalue weighted by Crippen LogP contribution is -2.58. The lowest BCUT2D eigenvalue weighted by Gasteiger charge is -2.25. The number of aliphatic carboxylic acids is 1. The summed E-state index contributed by atoms with van der Waals surface area (Å²) in [4.78, 5) is 60.9. The van der Waals surface area contributed by atoms with Crippen LogP contribution in [0.15, 0.2) is 24.3 Å². The number of phenols is 1. The van der Waals surface area contributed by atoms with Crippen LogP contribution in [0.25, 0.3) is 0 Å². The Morgan fingerprint density at radius 2 is 1.43 bits per heavy atom. The lowest BCUT2D eigenvalue weighted by molar-refractivity contribution is -0.141. The molecule has 4 amide bonds. The molecule has 0 spiro atoms. The first-order valence-corrected chi connectivity index (χ1v) is 11.6. The van der Waals surface area contributed by atoms with Crippen molar-refractivity contribution < 1.29 is 34.2 Å². The average molecular weight is 512 g/mol. The van der Waals surface area contributed by atoms with Crippen LogP contribution in [0.5, 0.6) is 5.75 Å². The number of aromatic hydroxyl groups is 1. The van der Waals surface area contributed by atoms with Crippen molar-refractivity contribution in [3.8, 4) is 5.75 Å². The largest absolute Gasteiger partial charge is 0.508 e. The Hall–Kier alpha value is -3.32. The highest BCUT2D eigenvalue weighted by atomic mass is 32.1. The van der Waals surface area contributed by atoms with E-state index < -0.39 is 53.8 Å². The number of benzene rings is 1. The first-order chi connectivity index (χ1) is 16.3. The SMILES string of the molecule is CC(C)C(N)C(=O)NC(Cc1ccc(O)cc1)C(=O)NC(CCC(N)=O)C(=O)NC(CS)C(=O)O. The van der Waals surface area contributed by atoms with Gasteiger partial charge >= 0.3 is 5.97 Å². The Morgan fingerprint density at radius 3 is 1.91 bits per heavy atom. The maximum absolute atomic E-state index is 13.1. The van der Waals surface area contributed by atoms with E-state index in [0.29, 0.717) is 5.56 Å². The highest BCUT2D eigenvalue weighted by molar-refractivity contribution is 7.80.